The van der Waals surface area contributed by atoms with Gasteiger partial charge >= 0.3 is 0 Å². The fourth-order valence-electron chi connectivity index (χ4n) is 2.05. The lowest BCUT2D eigenvalue weighted by Gasteiger charge is -2.11. The highest BCUT2D eigenvalue weighted by Gasteiger charge is 2.16. The first-order chi connectivity index (χ1) is 8.70. The van der Waals surface area contributed by atoms with E-state index in [0.29, 0.717) is 5.92 Å². The molecule has 1 heterocycles. The van der Waals surface area contributed by atoms with Gasteiger partial charge in [-0.25, -0.2) is 8.78 Å². The zero-order valence-corrected chi connectivity index (χ0v) is 9.88. The lowest BCUT2D eigenvalue weighted by molar-refractivity contribution is 0.259. The van der Waals surface area contributed by atoms with Crippen molar-refractivity contribution in [2.45, 2.75) is 12.8 Å². The number of nitrogens with zero attached hydrogens (tertiary/aromatic N) is 1. The Morgan fingerprint density at radius 1 is 1.39 bits per heavy atom. The van der Waals surface area contributed by atoms with E-state index in [2.05, 4.69) is 5.32 Å². The Morgan fingerprint density at radius 2 is 2.11 bits per heavy atom. The maximum absolute atomic E-state index is 13.5. The summed E-state index contributed by atoms with van der Waals surface area (Å²) in [7, 11) is 0. The molecule has 3 nitrogen and oxygen atoms in total. The fraction of sp³-hybridized carbons (Fsp3) is 0.462. The molecule has 96 valence electrons. The zero-order chi connectivity index (χ0) is 13.0. The predicted molar refractivity (Wildman–Crippen MR) is 62.2 cm³/mol. The topological polar surface area (TPSA) is 45.0 Å². The lowest BCUT2D eigenvalue weighted by Crippen LogP contribution is -2.12. The summed E-state index contributed by atoms with van der Waals surface area (Å²) in [5.41, 5.74) is -0.0441. The maximum atomic E-state index is 13.5. The summed E-state index contributed by atoms with van der Waals surface area (Å²) >= 11 is 0. The molecular weight excluding hydrogens is 238 g/mol. The largest absolute Gasteiger partial charge is 0.488 e. The van der Waals surface area contributed by atoms with Crippen molar-refractivity contribution in [3.05, 3.63) is 29.3 Å². The van der Waals surface area contributed by atoms with Gasteiger partial charge in [-0.05, 0) is 44.0 Å². The highest BCUT2D eigenvalue weighted by atomic mass is 19.1. The third-order valence-corrected chi connectivity index (χ3v) is 3.06. The maximum Gasteiger partial charge on any atom is 0.190 e. The summed E-state index contributed by atoms with van der Waals surface area (Å²) in [4.78, 5) is 0. The number of hydrogen-bond donors (Lipinski definition) is 1. The van der Waals surface area contributed by atoms with Gasteiger partial charge in [0.15, 0.2) is 17.4 Å². The molecule has 2 rings (SSSR count). The van der Waals surface area contributed by atoms with Crippen LogP contribution in [-0.2, 0) is 0 Å². The molecule has 1 aromatic carbocycles. The molecule has 1 aliphatic heterocycles. The molecule has 1 unspecified atom stereocenters. The van der Waals surface area contributed by atoms with Gasteiger partial charge in [-0.15, -0.1) is 0 Å². The molecule has 0 bridgehead atoms. The minimum Gasteiger partial charge on any atom is -0.488 e. The quantitative estimate of drug-likeness (QED) is 0.893. The van der Waals surface area contributed by atoms with E-state index in [9.17, 15) is 8.78 Å². The second-order valence-electron chi connectivity index (χ2n) is 4.38. The molecule has 18 heavy (non-hydrogen) atoms. The smallest absolute Gasteiger partial charge is 0.190 e. The van der Waals surface area contributed by atoms with Crippen molar-refractivity contribution in [3.63, 3.8) is 0 Å². The Balaban J connectivity index is 1.94. The van der Waals surface area contributed by atoms with Gasteiger partial charge in [0.2, 0.25) is 0 Å². The zero-order valence-electron chi connectivity index (χ0n) is 9.88. The number of rotatable bonds is 4. The van der Waals surface area contributed by atoms with Crippen molar-refractivity contribution in [1.82, 2.24) is 5.32 Å². The number of benzene rings is 1. The van der Waals surface area contributed by atoms with E-state index in [-0.39, 0.29) is 17.9 Å². The summed E-state index contributed by atoms with van der Waals surface area (Å²) in [5, 5.41) is 11.8. The van der Waals surface area contributed by atoms with E-state index < -0.39 is 11.6 Å². The highest BCUT2D eigenvalue weighted by molar-refractivity contribution is 5.37. The molecule has 0 aromatic heterocycles. The highest BCUT2D eigenvalue weighted by Crippen LogP contribution is 2.24. The molecule has 5 heteroatoms. The minimum atomic E-state index is -0.823. The van der Waals surface area contributed by atoms with Crippen LogP contribution in [0.2, 0.25) is 0 Å². The van der Waals surface area contributed by atoms with E-state index in [4.69, 9.17) is 10.00 Å². The first kappa shape index (κ1) is 12.8. The predicted octanol–water partition coefficient (Wildman–Crippen LogP) is 2.21. The van der Waals surface area contributed by atoms with Crippen LogP contribution < -0.4 is 10.1 Å². The standard InChI is InChI=1S/C13H14F2N2O/c14-11-5-10(7-16)6-12(15)13(11)18-4-2-9-1-3-17-8-9/h5-6,9,17H,1-4,8H2. The van der Waals surface area contributed by atoms with E-state index >= 15 is 0 Å². The fourth-order valence-corrected chi connectivity index (χ4v) is 2.05. The van der Waals surface area contributed by atoms with Crippen molar-refractivity contribution in [2.24, 2.45) is 5.92 Å². The van der Waals surface area contributed by atoms with Crippen LogP contribution in [0.15, 0.2) is 12.1 Å². The second-order valence-corrected chi connectivity index (χ2v) is 4.38. The molecule has 0 amide bonds. The Bertz CT molecular complexity index is 442. The first-order valence-corrected chi connectivity index (χ1v) is 5.93. The van der Waals surface area contributed by atoms with Crippen LogP contribution in [0.4, 0.5) is 8.78 Å². The Labute approximate surface area is 104 Å². The van der Waals surface area contributed by atoms with Crippen LogP contribution in [0.3, 0.4) is 0 Å². The third-order valence-electron chi connectivity index (χ3n) is 3.06. The van der Waals surface area contributed by atoms with Crippen molar-refractivity contribution < 1.29 is 13.5 Å². The molecule has 0 spiro atoms. The van der Waals surface area contributed by atoms with Gasteiger partial charge < -0.3 is 10.1 Å². The minimum absolute atomic E-state index is 0.0441. The molecule has 1 aliphatic rings. The second kappa shape index (κ2) is 5.78. The Hall–Kier alpha value is -1.67. The number of hydrogen-bond acceptors (Lipinski definition) is 3. The number of halogens is 2. The summed E-state index contributed by atoms with van der Waals surface area (Å²) in [6, 6.07) is 3.66. The van der Waals surface area contributed by atoms with Crippen LogP contribution in [0.25, 0.3) is 0 Å². The average molecular weight is 252 g/mol. The van der Waals surface area contributed by atoms with Crippen LogP contribution in [0.1, 0.15) is 18.4 Å². The molecule has 1 saturated heterocycles. The summed E-state index contributed by atoms with van der Waals surface area (Å²) < 4.78 is 32.1. The monoisotopic (exact) mass is 252 g/mol. The van der Waals surface area contributed by atoms with E-state index in [1.165, 1.54) is 0 Å². The van der Waals surface area contributed by atoms with Gasteiger partial charge in [0.05, 0.1) is 18.2 Å². The van der Waals surface area contributed by atoms with Crippen molar-refractivity contribution in [2.75, 3.05) is 19.7 Å². The van der Waals surface area contributed by atoms with Crippen LogP contribution in [0.5, 0.6) is 5.75 Å². The van der Waals surface area contributed by atoms with Gasteiger partial charge in [0, 0.05) is 0 Å². The molecule has 0 radical (unpaired) electrons. The van der Waals surface area contributed by atoms with Crippen molar-refractivity contribution in [1.29, 1.82) is 5.26 Å². The molecule has 1 fully saturated rings. The van der Waals surface area contributed by atoms with E-state index in [1.54, 1.807) is 6.07 Å². The Kier molecular flexibility index (Phi) is 4.11. The number of nitrogens with one attached hydrogen (secondary N) is 1. The van der Waals surface area contributed by atoms with Crippen molar-refractivity contribution >= 4 is 0 Å². The molecular formula is C13H14F2N2O. The third kappa shape index (κ3) is 2.96. The van der Waals surface area contributed by atoms with Crippen LogP contribution in [-0.4, -0.2) is 19.7 Å². The lowest BCUT2D eigenvalue weighted by atomic mass is 10.1. The summed E-state index contributed by atoms with van der Waals surface area (Å²) in [6.45, 7) is 2.21. The van der Waals surface area contributed by atoms with Crippen LogP contribution >= 0.6 is 0 Å². The number of ether oxygens (including phenoxy) is 1. The van der Waals surface area contributed by atoms with Gasteiger partial charge in [0.1, 0.15) is 0 Å². The van der Waals surface area contributed by atoms with Gasteiger partial charge in [-0.2, -0.15) is 5.26 Å². The van der Waals surface area contributed by atoms with E-state index in [0.717, 1.165) is 38.1 Å². The van der Waals surface area contributed by atoms with Gasteiger partial charge in [-0.1, -0.05) is 0 Å². The van der Waals surface area contributed by atoms with Gasteiger partial charge in [0.25, 0.3) is 0 Å². The van der Waals surface area contributed by atoms with Crippen LogP contribution in [0, 0.1) is 28.9 Å². The first-order valence-electron chi connectivity index (χ1n) is 5.93. The molecule has 1 atom stereocenters. The Morgan fingerprint density at radius 3 is 2.67 bits per heavy atom. The van der Waals surface area contributed by atoms with Crippen molar-refractivity contribution in [3.8, 4) is 11.8 Å². The molecule has 1 aromatic rings. The van der Waals surface area contributed by atoms with E-state index in [1.807, 2.05) is 0 Å². The SMILES string of the molecule is N#Cc1cc(F)c(OCCC2CCNC2)c(F)c1. The average Bonchev–Trinajstić information content (AvgIpc) is 2.85. The molecule has 0 saturated carbocycles. The summed E-state index contributed by atoms with van der Waals surface area (Å²) in [5.74, 6) is -1.53. The molecule has 0 aliphatic carbocycles. The molecule has 1 N–H and O–H groups in total. The normalized spacial score (nSPS) is 18.6. The van der Waals surface area contributed by atoms with Gasteiger partial charge in [-0.3, -0.25) is 0 Å². The number of nitriles is 1. The summed E-state index contributed by atoms with van der Waals surface area (Å²) in [6.07, 6.45) is 1.84.